The average molecular weight is 254 g/mol. The van der Waals surface area contributed by atoms with Gasteiger partial charge >= 0.3 is 5.97 Å². The van der Waals surface area contributed by atoms with Crippen LogP contribution in [0.5, 0.6) is 0 Å². The predicted molar refractivity (Wildman–Crippen MR) is 58.1 cm³/mol. The minimum absolute atomic E-state index is 0.279. The van der Waals surface area contributed by atoms with Crippen LogP contribution in [0.2, 0.25) is 0 Å². The second-order valence-corrected chi connectivity index (χ2v) is 5.24. The number of hydrogen-bond acceptors (Lipinski definition) is 4. The van der Waals surface area contributed by atoms with Crippen LogP contribution in [0.4, 0.5) is 0 Å². The summed E-state index contributed by atoms with van der Waals surface area (Å²) in [5.41, 5.74) is -2.11. The third kappa shape index (κ3) is 4.05. The molecule has 0 radical (unpaired) electrons. The van der Waals surface area contributed by atoms with Crippen molar-refractivity contribution in [3.63, 3.8) is 0 Å². The number of nitrogens with zero attached hydrogens (tertiary/aromatic N) is 1. The second-order valence-electron chi connectivity index (χ2n) is 3.49. The number of rotatable bonds is 7. The summed E-state index contributed by atoms with van der Waals surface area (Å²) < 4.78 is 26.3. The molecule has 0 aromatic carbocycles. The largest absolute Gasteiger partial charge is 0.479 e. The van der Waals surface area contributed by atoms with E-state index in [0.29, 0.717) is 0 Å². The molecule has 0 aromatic rings. The molecule has 0 spiro atoms. The molecule has 0 aliphatic heterocycles. The lowest BCUT2D eigenvalue weighted by Crippen LogP contribution is -2.50. The minimum Gasteiger partial charge on any atom is -0.479 e. The van der Waals surface area contributed by atoms with Gasteiger partial charge in [0, 0.05) is 13.1 Å². The maximum absolute atomic E-state index is 11.6. The molecule has 1 atom stereocenters. The smallest absolute Gasteiger partial charge is 0.336 e. The van der Waals surface area contributed by atoms with E-state index >= 15 is 0 Å². The van der Waals surface area contributed by atoms with Gasteiger partial charge in [-0.05, 0) is 6.92 Å². The zero-order valence-corrected chi connectivity index (χ0v) is 10.4. The molecule has 0 fully saturated rings. The van der Waals surface area contributed by atoms with Crippen molar-refractivity contribution in [2.45, 2.75) is 26.4 Å². The molecule has 0 aliphatic carbocycles. The monoisotopic (exact) mass is 254 g/mol. The standard InChI is InChI=1S/C8H18N2O5S/c1-4-10(5-2)16(14,15)9-6-8(3,13)7(11)12/h9,13H,4-6H2,1-3H3,(H,11,12). The Morgan fingerprint density at radius 1 is 1.38 bits per heavy atom. The van der Waals surface area contributed by atoms with E-state index in [0.717, 1.165) is 11.2 Å². The molecule has 96 valence electrons. The number of carboxylic acids is 1. The van der Waals surface area contributed by atoms with Crippen LogP contribution in [-0.4, -0.2) is 54.1 Å². The van der Waals surface area contributed by atoms with Gasteiger partial charge in [0.05, 0.1) is 6.54 Å². The summed E-state index contributed by atoms with van der Waals surface area (Å²) in [6.07, 6.45) is 0. The van der Waals surface area contributed by atoms with E-state index in [1.165, 1.54) is 0 Å². The average Bonchev–Trinajstić information content (AvgIpc) is 2.16. The number of carbonyl (C=O) groups is 1. The van der Waals surface area contributed by atoms with Crippen molar-refractivity contribution in [3.05, 3.63) is 0 Å². The van der Waals surface area contributed by atoms with Crippen LogP contribution < -0.4 is 4.72 Å². The SMILES string of the molecule is CCN(CC)S(=O)(=O)NCC(C)(O)C(=O)O. The number of nitrogens with one attached hydrogen (secondary N) is 1. The lowest BCUT2D eigenvalue weighted by molar-refractivity contribution is -0.155. The van der Waals surface area contributed by atoms with Gasteiger partial charge in [0.15, 0.2) is 5.60 Å². The Kier molecular flexibility index (Phi) is 5.33. The van der Waals surface area contributed by atoms with Crippen LogP contribution in [0.25, 0.3) is 0 Å². The molecule has 1 unspecified atom stereocenters. The van der Waals surface area contributed by atoms with Gasteiger partial charge < -0.3 is 10.2 Å². The predicted octanol–water partition coefficient (Wildman–Crippen LogP) is -1.00. The summed E-state index contributed by atoms with van der Waals surface area (Å²) in [6.45, 7) is 4.35. The molecule has 0 aliphatic rings. The van der Waals surface area contributed by atoms with Crippen molar-refractivity contribution < 1.29 is 23.4 Å². The Morgan fingerprint density at radius 2 is 1.81 bits per heavy atom. The number of carboxylic acid groups (broad SMARTS) is 1. The molecular weight excluding hydrogens is 236 g/mol. The van der Waals surface area contributed by atoms with Crippen molar-refractivity contribution in [1.29, 1.82) is 0 Å². The Labute approximate surface area is 95.2 Å². The summed E-state index contributed by atoms with van der Waals surface area (Å²) in [5, 5.41) is 17.9. The number of aliphatic hydroxyl groups is 1. The summed E-state index contributed by atoms with van der Waals surface area (Å²) in [6, 6.07) is 0. The second kappa shape index (κ2) is 5.58. The van der Waals surface area contributed by atoms with Gasteiger partial charge in [-0.3, -0.25) is 0 Å². The molecule has 0 rings (SSSR count). The van der Waals surface area contributed by atoms with Gasteiger partial charge in [0.2, 0.25) is 0 Å². The Balaban J connectivity index is 4.57. The number of hydrogen-bond donors (Lipinski definition) is 3. The van der Waals surface area contributed by atoms with E-state index in [4.69, 9.17) is 5.11 Å². The fourth-order valence-electron chi connectivity index (χ4n) is 0.962. The van der Waals surface area contributed by atoms with Gasteiger partial charge in [-0.15, -0.1) is 0 Å². The first-order valence-electron chi connectivity index (χ1n) is 4.88. The highest BCUT2D eigenvalue weighted by Gasteiger charge is 2.32. The molecule has 0 saturated carbocycles. The first-order valence-corrected chi connectivity index (χ1v) is 6.32. The minimum atomic E-state index is -3.73. The van der Waals surface area contributed by atoms with Crippen LogP contribution in [0.3, 0.4) is 0 Å². The highest BCUT2D eigenvalue weighted by Crippen LogP contribution is 2.04. The maximum atomic E-state index is 11.6. The molecule has 7 nitrogen and oxygen atoms in total. The van der Waals surface area contributed by atoms with Crippen LogP contribution in [0, 0.1) is 0 Å². The molecule has 16 heavy (non-hydrogen) atoms. The lowest BCUT2D eigenvalue weighted by atomic mass is 10.1. The maximum Gasteiger partial charge on any atom is 0.336 e. The zero-order chi connectivity index (χ0) is 13.0. The van der Waals surface area contributed by atoms with E-state index in [9.17, 15) is 18.3 Å². The summed E-state index contributed by atoms with van der Waals surface area (Å²) in [5.74, 6) is -1.48. The van der Waals surface area contributed by atoms with Crippen molar-refractivity contribution in [3.8, 4) is 0 Å². The van der Waals surface area contributed by atoms with Crippen molar-refractivity contribution in [2.75, 3.05) is 19.6 Å². The van der Waals surface area contributed by atoms with Crippen molar-refractivity contribution in [2.24, 2.45) is 0 Å². The van der Waals surface area contributed by atoms with Crippen LogP contribution in [-0.2, 0) is 15.0 Å². The summed E-state index contributed by atoms with van der Waals surface area (Å²) >= 11 is 0. The topological polar surface area (TPSA) is 107 Å². The van der Waals surface area contributed by atoms with E-state index in [2.05, 4.69) is 0 Å². The third-order valence-electron chi connectivity index (χ3n) is 2.10. The van der Waals surface area contributed by atoms with Crippen LogP contribution >= 0.6 is 0 Å². The molecule has 8 heteroatoms. The van der Waals surface area contributed by atoms with Crippen molar-refractivity contribution >= 4 is 16.2 Å². The quantitative estimate of drug-likeness (QED) is 0.540. The van der Waals surface area contributed by atoms with Gasteiger partial charge in [0.25, 0.3) is 10.2 Å². The Hall–Kier alpha value is -0.700. The van der Waals surface area contributed by atoms with E-state index in [-0.39, 0.29) is 13.1 Å². The van der Waals surface area contributed by atoms with Crippen molar-refractivity contribution in [1.82, 2.24) is 9.03 Å². The third-order valence-corrected chi connectivity index (χ3v) is 3.81. The fourth-order valence-corrected chi connectivity index (χ4v) is 2.29. The lowest BCUT2D eigenvalue weighted by Gasteiger charge is -2.22. The fraction of sp³-hybridized carbons (Fsp3) is 0.875. The van der Waals surface area contributed by atoms with Crippen LogP contribution in [0.15, 0.2) is 0 Å². The molecule has 0 saturated heterocycles. The first kappa shape index (κ1) is 15.3. The molecule has 0 bridgehead atoms. The molecule has 3 N–H and O–H groups in total. The number of aliphatic carboxylic acids is 1. The highest BCUT2D eigenvalue weighted by molar-refractivity contribution is 7.87. The van der Waals surface area contributed by atoms with E-state index < -0.39 is 28.3 Å². The first-order chi connectivity index (χ1) is 7.17. The van der Waals surface area contributed by atoms with Gasteiger partial charge in [-0.2, -0.15) is 17.4 Å². The van der Waals surface area contributed by atoms with Gasteiger partial charge in [-0.1, -0.05) is 13.8 Å². The Bertz CT molecular complexity index is 334. The molecule has 0 heterocycles. The zero-order valence-electron chi connectivity index (χ0n) is 9.60. The highest BCUT2D eigenvalue weighted by atomic mass is 32.2. The molecule has 0 amide bonds. The summed E-state index contributed by atoms with van der Waals surface area (Å²) in [4.78, 5) is 10.5. The Morgan fingerprint density at radius 3 is 2.12 bits per heavy atom. The van der Waals surface area contributed by atoms with Crippen LogP contribution in [0.1, 0.15) is 20.8 Å². The molecular formula is C8H18N2O5S. The van der Waals surface area contributed by atoms with Gasteiger partial charge in [-0.25, -0.2) is 4.79 Å². The van der Waals surface area contributed by atoms with E-state index in [1.807, 2.05) is 4.72 Å². The molecule has 0 aromatic heterocycles. The summed E-state index contributed by atoms with van der Waals surface area (Å²) in [7, 11) is -3.73. The van der Waals surface area contributed by atoms with E-state index in [1.54, 1.807) is 13.8 Å². The normalized spacial score (nSPS) is 16.1. The van der Waals surface area contributed by atoms with Gasteiger partial charge in [0.1, 0.15) is 0 Å².